The number of hydrogen-bond donors (Lipinski definition) is 0. The first kappa shape index (κ1) is 16.2. The van der Waals surface area contributed by atoms with Crippen LogP contribution < -0.4 is 0 Å². The molecule has 0 atom stereocenters. The molecular weight excluding hydrogens is 333 g/mol. The first-order chi connectivity index (χ1) is 11.5. The summed E-state index contributed by atoms with van der Waals surface area (Å²) in [7, 11) is 1.28. The van der Waals surface area contributed by atoms with Gasteiger partial charge >= 0.3 is 5.97 Å². The summed E-state index contributed by atoms with van der Waals surface area (Å²) in [4.78, 5) is 24.5. The smallest absolute Gasteiger partial charge is 0.340 e. The normalized spacial score (nSPS) is 10.8. The van der Waals surface area contributed by atoms with Crippen molar-refractivity contribution in [2.75, 3.05) is 7.11 Å². The summed E-state index contributed by atoms with van der Waals surface area (Å²) in [5.74, 6) is -1.43. The third-order valence-corrected chi connectivity index (χ3v) is 3.98. The minimum absolute atomic E-state index is 0.151. The van der Waals surface area contributed by atoms with Crippen LogP contribution in [0.5, 0.6) is 0 Å². The Bertz CT molecular complexity index is 949. The Balaban J connectivity index is 2.02. The number of ether oxygens (including phenoxy) is 1. The lowest BCUT2D eigenvalue weighted by Crippen LogP contribution is -2.13. The van der Waals surface area contributed by atoms with Gasteiger partial charge in [-0.25, -0.2) is 9.18 Å². The van der Waals surface area contributed by atoms with Gasteiger partial charge in [-0.05, 0) is 23.8 Å². The van der Waals surface area contributed by atoms with Crippen LogP contribution in [-0.4, -0.2) is 23.6 Å². The van der Waals surface area contributed by atoms with Crippen molar-refractivity contribution in [2.45, 2.75) is 6.42 Å². The molecule has 6 heteroatoms. The Hall–Kier alpha value is -2.66. The van der Waals surface area contributed by atoms with Crippen molar-refractivity contribution in [3.8, 4) is 0 Å². The summed E-state index contributed by atoms with van der Waals surface area (Å²) >= 11 is 5.72. The molecule has 0 radical (unpaired) electrons. The number of hydrogen-bond acceptors (Lipinski definition) is 3. The molecule has 0 spiro atoms. The summed E-state index contributed by atoms with van der Waals surface area (Å²) in [5, 5.41) is 0.873. The Labute approximate surface area is 142 Å². The summed E-state index contributed by atoms with van der Waals surface area (Å²) in [6.45, 7) is 0. The summed E-state index contributed by atoms with van der Waals surface area (Å²) < 4.78 is 20.0. The van der Waals surface area contributed by atoms with Crippen LogP contribution in [0.2, 0.25) is 5.02 Å². The Kier molecular flexibility index (Phi) is 4.36. The Morgan fingerprint density at radius 2 is 1.96 bits per heavy atom. The molecule has 1 aromatic heterocycles. The number of para-hydroxylation sites is 1. The molecule has 0 aliphatic carbocycles. The molecule has 2 aromatic carbocycles. The molecule has 1 heterocycles. The van der Waals surface area contributed by atoms with Gasteiger partial charge in [0.05, 0.1) is 24.6 Å². The second kappa shape index (κ2) is 6.45. The van der Waals surface area contributed by atoms with Crippen LogP contribution in [0, 0.1) is 5.82 Å². The second-order valence-corrected chi connectivity index (χ2v) is 5.66. The Morgan fingerprint density at radius 3 is 2.67 bits per heavy atom. The lowest BCUT2D eigenvalue weighted by molar-refractivity contribution is 0.0603. The molecule has 0 saturated heterocycles. The van der Waals surface area contributed by atoms with Crippen molar-refractivity contribution in [1.82, 2.24) is 4.57 Å². The molecular formula is C18H13ClFNO3. The molecule has 0 aliphatic rings. The molecule has 0 N–H and O–H groups in total. The van der Waals surface area contributed by atoms with Gasteiger partial charge < -0.3 is 4.74 Å². The lowest BCUT2D eigenvalue weighted by atomic mass is 10.1. The van der Waals surface area contributed by atoms with Gasteiger partial charge in [0.1, 0.15) is 5.82 Å². The first-order valence-electron chi connectivity index (χ1n) is 7.17. The third kappa shape index (κ3) is 2.90. The highest BCUT2D eigenvalue weighted by atomic mass is 35.5. The number of rotatable bonds is 3. The molecule has 0 bridgehead atoms. The fourth-order valence-corrected chi connectivity index (χ4v) is 2.73. The van der Waals surface area contributed by atoms with E-state index in [4.69, 9.17) is 16.3 Å². The first-order valence-corrected chi connectivity index (χ1v) is 7.54. The standard InChI is InChI=1S/C18H13ClFNO3/c1-24-18(23)14-10-21(16-5-3-2-4-13(14)16)17(22)8-11-6-7-12(19)9-15(11)20/h2-7,9-10H,8H2,1H3. The summed E-state index contributed by atoms with van der Waals surface area (Å²) in [5.41, 5.74) is 1.09. The number of benzene rings is 2. The fourth-order valence-electron chi connectivity index (χ4n) is 2.57. The quantitative estimate of drug-likeness (QED) is 0.671. The number of fused-ring (bicyclic) bond motifs is 1. The zero-order valence-electron chi connectivity index (χ0n) is 12.8. The third-order valence-electron chi connectivity index (χ3n) is 3.74. The van der Waals surface area contributed by atoms with E-state index in [1.54, 1.807) is 24.3 Å². The zero-order valence-corrected chi connectivity index (χ0v) is 13.5. The molecule has 3 rings (SSSR count). The molecule has 0 amide bonds. The maximum atomic E-state index is 13.9. The molecule has 122 valence electrons. The minimum Gasteiger partial charge on any atom is -0.465 e. The van der Waals surface area contributed by atoms with Crippen molar-refractivity contribution < 1.29 is 18.7 Å². The molecule has 4 nitrogen and oxygen atoms in total. The number of esters is 1. The van der Waals surface area contributed by atoms with Gasteiger partial charge in [-0.1, -0.05) is 35.9 Å². The van der Waals surface area contributed by atoms with Gasteiger partial charge in [0.2, 0.25) is 5.91 Å². The van der Waals surface area contributed by atoms with E-state index in [9.17, 15) is 14.0 Å². The van der Waals surface area contributed by atoms with E-state index in [1.807, 2.05) is 0 Å². The second-order valence-electron chi connectivity index (χ2n) is 5.23. The molecule has 0 saturated carbocycles. The minimum atomic E-state index is -0.541. The van der Waals surface area contributed by atoms with E-state index in [-0.39, 0.29) is 28.5 Å². The van der Waals surface area contributed by atoms with Crippen LogP contribution in [0.1, 0.15) is 20.7 Å². The van der Waals surface area contributed by atoms with Gasteiger partial charge in [0.15, 0.2) is 0 Å². The molecule has 0 fully saturated rings. The van der Waals surface area contributed by atoms with E-state index in [2.05, 4.69) is 0 Å². The van der Waals surface area contributed by atoms with E-state index in [1.165, 1.54) is 30.0 Å². The Morgan fingerprint density at radius 1 is 1.21 bits per heavy atom. The van der Waals surface area contributed by atoms with Gasteiger partial charge in [0.25, 0.3) is 0 Å². The molecule has 0 unspecified atom stereocenters. The molecule has 0 aliphatic heterocycles. The number of halogens is 2. The predicted octanol–water partition coefficient (Wildman–Crippen LogP) is 4.10. The van der Waals surface area contributed by atoms with Gasteiger partial charge in [-0.3, -0.25) is 9.36 Å². The highest BCUT2D eigenvalue weighted by Gasteiger charge is 2.19. The predicted molar refractivity (Wildman–Crippen MR) is 89.0 cm³/mol. The van der Waals surface area contributed by atoms with Crippen LogP contribution >= 0.6 is 11.6 Å². The van der Waals surface area contributed by atoms with Crippen molar-refractivity contribution in [3.63, 3.8) is 0 Å². The maximum Gasteiger partial charge on any atom is 0.340 e. The van der Waals surface area contributed by atoms with Crippen molar-refractivity contribution in [1.29, 1.82) is 0 Å². The highest BCUT2D eigenvalue weighted by Crippen LogP contribution is 2.23. The lowest BCUT2D eigenvalue weighted by Gasteiger charge is -2.05. The van der Waals surface area contributed by atoms with Gasteiger partial charge in [0, 0.05) is 16.6 Å². The number of carbonyl (C=O) groups excluding carboxylic acids is 2. The number of carbonyl (C=O) groups is 2. The summed E-state index contributed by atoms with van der Waals surface area (Å²) in [6, 6.07) is 11.1. The fraction of sp³-hybridized carbons (Fsp3) is 0.111. The van der Waals surface area contributed by atoms with Gasteiger partial charge in [-0.2, -0.15) is 0 Å². The zero-order chi connectivity index (χ0) is 17.3. The van der Waals surface area contributed by atoms with E-state index < -0.39 is 11.8 Å². The van der Waals surface area contributed by atoms with Crippen LogP contribution in [-0.2, 0) is 11.2 Å². The van der Waals surface area contributed by atoms with E-state index in [0.717, 1.165) is 6.07 Å². The number of methoxy groups -OCH3 is 1. The van der Waals surface area contributed by atoms with Gasteiger partial charge in [-0.15, -0.1) is 0 Å². The monoisotopic (exact) mass is 345 g/mol. The van der Waals surface area contributed by atoms with Crippen LogP contribution in [0.15, 0.2) is 48.7 Å². The van der Waals surface area contributed by atoms with E-state index in [0.29, 0.717) is 10.9 Å². The highest BCUT2D eigenvalue weighted by molar-refractivity contribution is 6.30. The average Bonchev–Trinajstić information content (AvgIpc) is 2.96. The van der Waals surface area contributed by atoms with E-state index >= 15 is 0 Å². The number of nitrogens with zero attached hydrogens (tertiary/aromatic N) is 1. The van der Waals surface area contributed by atoms with Crippen LogP contribution in [0.3, 0.4) is 0 Å². The van der Waals surface area contributed by atoms with Crippen molar-refractivity contribution in [3.05, 3.63) is 70.6 Å². The van der Waals surface area contributed by atoms with Crippen molar-refractivity contribution >= 4 is 34.4 Å². The average molecular weight is 346 g/mol. The van der Waals surface area contributed by atoms with Crippen LogP contribution in [0.4, 0.5) is 4.39 Å². The maximum absolute atomic E-state index is 13.9. The molecule has 24 heavy (non-hydrogen) atoms. The van der Waals surface area contributed by atoms with Crippen LogP contribution in [0.25, 0.3) is 10.9 Å². The number of aromatic nitrogens is 1. The SMILES string of the molecule is COC(=O)c1cn(C(=O)Cc2ccc(Cl)cc2F)c2ccccc12. The summed E-state index contributed by atoms with van der Waals surface area (Å²) in [6.07, 6.45) is 1.27. The molecule has 3 aromatic rings. The van der Waals surface area contributed by atoms with Crippen molar-refractivity contribution in [2.24, 2.45) is 0 Å². The largest absolute Gasteiger partial charge is 0.465 e. The topological polar surface area (TPSA) is 48.3 Å².